The fourth-order valence-corrected chi connectivity index (χ4v) is 10.8. The van der Waals surface area contributed by atoms with Crippen molar-refractivity contribution in [2.75, 3.05) is 0 Å². The summed E-state index contributed by atoms with van der Waals surface area (Å²) < 4.78 is 2.95. The maximum Gasteiger partial charge on any atom is 0.0729 e. The van der Waals surface area contributed by atoms with E-state index in [4.69, 9.17) is 0 Å². The van der Waals surface area contributed by atoms with Crippen molar-refractivity contribution in [1.82, 2.24) is 0 Å². The van der Waals surface area contributed by atoms with Crippen LogP contribution in [0.3, 0.4) is 0 Å². The van der Waals surface area contributed by atoms with Gasteiger partial charge in [0.15, 0.2) is 0 Å². The van der Waals surface area contributed by atoms with E-state index in [-0.39, 0.29) is 0 Å². The third kappa shape index (κ3) is 13.3. The molecule has 0 aromatic heterocycles. The van der Waals surface area contributed by atoms with E-state index < -0.39 is 0 Å². The molecule has 1 aromatic rings. The van der Waals surface area contributed by atoms with Crippen molar-refractivity contribution in [3.63, 3.8) is 0 Å². The van der Waals surface area contributed by atoms with Crippen LogP contribution in [0.5, 0.6) is 0 Å². The summed E-state index contributed by atoms with van der Waals surface area (Å²) in [4.78, 5) is 5.89. The topological polar surface area (TPSA) is 0 Å². The van der Waals surface area contributed by atoms with Crippen LogP contribution in [0.25, 0.3) is 0 Å². The largest absolute Gasteiger partial charge is 0.101 e. The Morgan fingerprint density at radius 1 is 0.500 bits per heavy atom. The zero-order valence-electron chi connectivity index (χ0n) is 26.7. The average molecular weight is 637 g/mol. The van der Waals surface area contributed by atoms with Crippen molar-refractivity contribution in [3.05, 3.63) is 63.5 Å². The average Bonchev–Trinajstić information content (AvgIpc) is 3.58. The Balaban J connectivity index is 1.56. The molecule has 0 nitrogen and oxygen atoms in total. The third-order valence-corrected chi connectivity index (χ3v) is 13.5. The van der Waals surface area contributed by atoms with E-state index in [1.54, 1.807) is 4.91 Å². The SMILES string of the molecule is CC#Cc1ccc(C#CC2=C(CCCCCCCCCC)SC(=C3SC(C)=C(CCCCCCCCCC)S3)S2)cc1. The van der Waals surface area contributed by atoms with E-state index in [2.05, 4.69) is 68.7 Å². The molecule has 0 radical (unpaired) electrons. The molecule has 0 saturated heterocycles. The first-order chi connectivity index (χ1) is 20.6. The zero-order valence-corrected chi connectivity index (χ0v) is 29.9. The molecule has 1 aromatic carbocycles. The van der Waals surface area contributed by atoms with Crippen LogP contribution in [0.2, 0.25) is 0 Å². The van der Waals surface area contributed by atoms with Gasteiger partial charge in [0.25, 0.3) is 0 Å². The van der Waals surface area contributed by atoms with Crippen LogP contribution < -0.4 is 0 Å². The van der Waals surface area contributed by atoms with E-state index >= 15 is 0 Å². The van der Waals surface area contributed by atoms with Crippen LogP contribution >= 0.6 is 47.0 Å². The van der Waals surface area contributed by atoms with Crippen LogP contribution in [0, 0.1) is 23.7 Å². The molecular weight excluding hydrogens is 585 g/mol. The molecule has 0 unspecified atom stereocenters. The molecule has 0 atom stereocenters. The molecule has 4 heteroatoms. The minimum atomic E-state index is 1.05. The van der Waals surface area contributed by atoms with Gasteiger partial charge in [-0.1, -0.05) is 169 Å². The van der Waals surface area contributed by atoms with Crippen molar-refractivity contribution in [2.24, 2.45) is 0 Å². The highest BCUT2D eigenvalue weighted by Gasteiger charge is 2.27. The van der Waals surface area contributed by atoms with E-state index in [1.165, 1.54) is 132 Å². The van der Waals surface area contributed by atoms with Crippen molar-refractivity contribution in [3.8, 4) is 23.7 Å². The quantitative estimate of drug-likeness (QED) is 0.116. The Kier molecular flexibility index (Phi) is 18.2. The lowest BCUT2D eigenvalue weighted by Gasteiger charge is -2.05. The summed E-state index contributed by atoms with van der Waals surface area (Å²) in [6, 6.07) is 8.36. The Morgan fingerprint density at radius 3 is 1.50 bits per heavy atom. The number of benzene rings is 1. The highest BCUT2D eigenvalue weighted by atomic mass is 32.2. The van der Waals surface area contributed by atoms with Gasteiger partial charge in [-0.25, -0.2) is 0 Å². The molecular formula is C38H52S4. The Bertz CT molecular complexity index is 1180. The van der Waals surface area contributed by atoms with Gasteiger partial charge in [0.1, 0.15) is 0 Å². The summed E-state index contributed by atoms with van der Waals surface area (Å²) >= 11 is 8.00. The van der Waals surface area contributed by atoms with Crippen molar-refractivity contribution < 1.29 is 0 Å². The Hall–Kier alpha value is -1.04. The minimum Gasteiger partial charge on any atom is -0.101 e. The molecule has 2 aliphatic rings. The molecule has 0 spiro atoms. The molecule has 0 bridgehead atoms. The van der Waals surface area contributed by atoms with Crippen LogP contribution in [-0.4, -0.2) is 0 Å². The Morgan fingerprint density at radius 2 is 0.952 bits per heavy atom. The molecule has 0 aliphatic carbocycles. The van der Waals surface area contributed by atoms with Gasteiger partial charge in [-0.15, -0.1) is 5.92 Å². The smallest absolute Gasteiger partial charge is 0.0729 e. The molecule has 0 N–H and O–H groups in total. The lowest BCUT2D eigenvalue weighted by atomic mass is 10.1. The van der Waals surface area contributed by atoms with E-state index in [9.17, 15) is 0 Å². The monoisotopic (exact) mass is 636 g/mol. The first kappa shape index (κ1) is 35.4. The van der Waals surface area contributed by atoms with Gasteiger partial charge in [0, 0.05) is 16.0 Å². The fourth-order valence-electron chi connectivity index (χ4n) is 5.13. The summed E-state index contributed by atoms with van der Waals surface area (Å²) in [5.74, 6) is 13.2. The summed E-state index contributed by atoms with van der Waals surface area (Å²) in [7, 11) is 0. The van der Waals surface area contributed by atoms with Gasteiger partial charge in [-0.3, -0.25) is 0 Å². The lowest BCUT2D eigenvalue weighted by molar-refractivity contribution is 0.577. The molecule has 42 heavy (non-hydrogen) atoms. The van der Waals surface area contributed by atoms with Gasteiger partial charge in [-0.05, 0) is 73.6 Å². The number of rotatable bonds is 18. The maximum absolute atomic E-state index is 3.59. The highest BCUT2D eigenvalue weighted by molar-refractivity contribution is 8.34. The lowest BCUT2D eigenvalue weighted by Crippen LogP contribution is -1.83. The summed E-state index contributed by atoms with van der Waals surface area (Å²) in [6.45, 7) is 8.80. The first-order valence-corrected chi connectivity index (χ1v) is 19.8. The van der Waals surface area contributed by atoms with E-state index in [1.807, 2.05) is 54.0 Å². The Labute approximate surface area is 276 Å². The van der Waals surface area contributed by atoms with Gasteiger partial charge in [-0.2, -0.15) is 0 Å². The van der Waals surface area contributed by atoms with Gasteiger partial charge >= 0.3 is 0 Å². The molecule has 2 heterocycles. The number of hydrogen-bond donors (Lipinski definition) is 0. The van der Waals surface area contributed by atoms with Crippen molar-refractivity contribution in [2.45, 2.75) is 143 Å². The molecule has 3 rings (SSSR count). The van der Waals surface area contributed by atoms with Crippen LogP contribution in [0.15, 0.2) is 52.4 Å². The fraction of sp³-hybridized carbons (Fsp3) is 0.579. The van der Waals surface area contributed by atoms with E-state index in [0.717, 1.165) is 17.5 Å². The van der Waals surface area contributed by atoms with Crippen molar-refractivity contribution >= 4 is 47.0 Å². The molecule has 228 valence electrons. The second-order valence-electron chi connectivity index (χ2n) is 11.4. The molecule has 0 saturated carbocycles. The zero-order chi connectivity index (χ0) is 29.8. The molecule has 0 amide bonds. The maximum atomic E-state index is 3.59. The van der Waals surface area contributed by atoms with Crippen molar-refractivity contribution in [1.29, 1.82) is 0 Å². The number of allylic oxidation sites excluding steroid dienone is 4. The molecule has 2 aliphatic heterocycles. The van der Waals surface area contributed by atoms with Gasteiger partial charge in [0.2, 0.25) is 0 Å². The summed E-state index contributed by atoms with van der Waals surface area (Å²) in [5.41, 5.74) is 2.12. The predicted molar refractivity (Wildman–Crippen MR) is 197 cm³/mol. The number of hydrogen-bond acceptors (Lipinski definition) is 4. The van der Waals surface area contributed by atoms with Crippen LogP contribution in [0.4, 0.5) is 0 Å². The third-order valence-electron chi connectivity index (χ3n) is 7.67. The predicted octanol–water partition coefficient (Wildman–Crippen LogP) is 14.0. The standard InChI is InChI=1S/C38H52S4/c1-5-8-10-12-14-16-18-20-23-34-31(4)39-37(40-34)38-41-35(24-21-19-17-15-13-11-9-6-2)36(42-38)30-29-33-27-25-32(22-7-3)26-28-33/h25-28H,5-6,8-21,23-24H2,1-4H3. The van der Waals surface area contributed by atoms with E-state index in [0.29, 0.717) is 0 Å². The summed E-state index contributed by atoms with van der Waals surface area (Å²) in [5, 5.41) is 0. The second-order valence-corrected chi connectivity index (χ2v) is 16.3. The minimum absolute atomic E-state index is 1.05. The van der Waals surface area contributed by atoms with Crippen LogP contribution in [-0.2, 0) is 0 Å². The summed E-state index contributed by atoms with van der Waals surface area (Å²) in [6.07, 6.45) is 24.4. The molecule has 0 fully saturated rings. The first-order valence-electron chi connectivity index (χ1n) is 16.6. The normalized spacial score (nSPS) is 16.6. The highest BCUT2D eigenvalue weighted by Crippen LogP contribution is 2.61. The van der Waals surface area contributed by atoms with Crippen LogP contribution in [0.1, 0.15) is 154 Å². The number of thioether (sulfide) groups is 4. The number of unbranched alkanes of at least 4 members (excludes halogenated alkanes) is 14. The van der Waals surface area contributed by atoms with Gasteiger partial charge < -0.3 is 0 Å². The van der Waals surface area contributed by atoms with Gasteiger partial charge in [0.05, 0.1) is 13.4 Å². The second kappa shape index (κ2) is 21.6.